The number of nitrogens with one attached hydrogen (secondary N) is 2. The van der Waals surface area contributed by atoms with Gasteiger partial charge < -0.3 is 19.5 Å². The number of aromatic amines is 1. The van der Waals surface area contributed by atoms with Crippen LogP contribution in [-0.2, 0) is 17.9 Å². The molecule has 5 nitrogen and oxygen atoms in total. The lowest BCUT2D eigenvalue weighted by Crippen LogP contribution is -2.24. The minimum atomic E-state index is -0.165. The van der Waals surface area contributed by atoms with Crippen molar-refractivity contribution in [2.75, 3.05) is 0 Å². The number of ether oxygens (including phenoxy) is 1. The molecule has 0 bridgehead atoms. The van der Waals surface area contributed by atoms with E-state index < -0.39 is 0 Å². The van der Waals surface area contributed by atoms with Crippen LogP contribution in [0.2, 0.25) is 5.02 Å². The van der Waals surface area contributed by atoms with Crippen LogP contribution >= 0.6 is 11.6 Å². The molecule has 0 saturated carbocycles. The van der Waals surface area contributed by atoms with Gasteiger partial charge in [0, 0.05) is 34.5 Å². The summed E-state index contributed by atoms with van der Waals surface area (Å²) in [4.78, 5) is 16.2. The Kier molecular flexibility index (Phi) is 6.87. The zero-order chi connectivity index (χ0) is 24.0. The third kappa shape index (κ3) is 5.58. The van der Waals surface area contributed by atoms with Crippen molar-refractivity contribution >= 4 is 28.4 Å². The van der Waals surface area contributed by atoms with E-state index in [9.17, 15) is 4.79 Å². The Morgan fingerprint density at radius 3 is 2.60 bits per heavy atom. The summed E-state index contributed by atoms with van der Waals surface area (Å²) in [6.07, 6.45) is 3.84. The fourth-order valence-corrected chi connectivity index (χ4v) is 4.38. The van der Waals surface area contributed by atoms with Gasteiger partial charge in [0.1, 0.15) is 18.1 Å². The van der Waals surface area contributed by atoms with Crippen LogP contribution in [0.25, 0.3) is 10.9 Å². The van der Waals surface area contributed by atoms with E-state index in [2.05, 4.69) is 10.3 Å². The Balaban J connectivity index is 1.38. The second kappa shape index (κ2) is 10.5. The fourth-order valence-electron chi connectivity index (χ4n) is 4.20. The number of carbonyl (C=O) groups is 1. The van der Waals surface area contributed by atoms with E-state index >= 15 is 0 Å². The number of aromatic nitrogens is 1. The van der Waals surface area contributed by atoms with Crippen LogP contribution in [0.3, 0.4) is 0 Å². The summed E-state index contributed by atoms with van der Waals surface area (Å²) in [5.74, 6) is 1.27. The molecule has 0 fully saturated rings. The van der Waals surface area contributed by atoms with Gasteiger partial charge in [0.15, 0.2) is 0 Å². The van der Waals surface area contributed by atoms with E-state index in [1.165, 1.54) is 0 Å². The first-order valence-electron chi connectivity index (χ1n) is 11.5. The quantitative estimate of drug-likeness (QED) is 0.241. The van der Waals surface area contributed by atoms with Gasteiger partial charge in [-0.1, -0.05) is 54.1 Å². The highest BCUT2D eigenvalue weighted by molar-refractivity contribution is 6.31. The van der Waals surface area contributed by atoms with E-state index in [4.69, 9.17) is 20.8 Å². The lowest BCUT2D eigenvalue weighted by Gasteiger charge is -2.18. The van der Waals surface area contributed by atoms with Gasteiger partial charge in [0.2, 0.25) is 5.91 Å². The average Bonchev–Trinajstić information content (AvgIpc) is 3.56. The average molecular weight is 485 g/mol. The number of fused-ring (bicyclic) bond motifs is 1. The van der Waals surface area contributed by atoms with Gasteiger partial charge >= 0.3 is 0 Å². The summed E-state index contributed by atoms with van der Waals surface area (Å²) in [5.41, 5.74) is 4.13. The third-order valence-corrected chi connectivity index (χ3v) is 6.25. The maximum absolute atomic E-state index is 12.9. The third-order valence-electron chi connectivity index (χ3n) is 6.01. The molecule has 2 heterocycles. The molecule has 0 aliphatic carbocycles. The standard InChI is InChI=1S/C29H25ClN2O3/c30-22-10-13-28-26(15-22)27(18-31-28)25(16-29(33)32-17-24-7-4-14-34-24)21-8-11-23(12-9-21)35-19-20-5-2-1-3-6-20/h1-15,18,25,31H,16-17,19H2,(H,32,33)/t25-/m1/s1. The molecule has 5 rings (SSSR count). The molecule has 0 unspecified atom stereocenters. The Morgan fingerprint density at radius 2 is 1.83 bits per heavy atom. The maximum Gasteiger partial charge on any atom is 0.221 e. The fraction of sp³-hybridized carbons (Fsp3) is 0.138. The van der Waals surface area contributed by atoms with E-state index in [0.717, 1.165) is 33.3 Å². The first-order valence-corrected chi connectivity index (χ1v) is 11.9. The van der Waals surface area contributed by atoms with Crippen LogP contribution in [0.1, 0.15) is 34.8 Å². The predicted molar refractivity (Wildman–Crippen MR) is 138 cm³/mol. The molecule has 1 atom stereocenters. The van der Waals surface area contributed by atoms with Crippen molar-refractivity contribution in [1.82, 2.24) is 10.3 Å². The molecule has 5 aromatic rings. The molecule has 0 aliphatic heterocycles. The minimum Gasteiger partial charge on any atom is -0.489 e. The Labute approximate surface area is 208 Å². The van der Waals surface area contributed by atoms with Crippen molar-refractivity contribution in [2.24, 2.45) is 0 Å². The lowest BCUT2D eigenvalue weighted by atomic mass is 9.88. The second-order valence-electron chi connectivity index (χ2n) is 8.39. The van der Waals surface area contributed by atoms with Crippen LogP contribution < -0.4 is 10.1 Å². The SMILES string of the molecule is O=C(C[C@H](c1ccc(OCc2ccccc2)cc1)c1c[nH]c2ccc(Cl)cc12)NCc1ccco1. The first kappa shape index (κ1) is 22.8. The van der Waals surface area contributed by atoms with E-state index in [-0.39, 0.29) is 18.2 Å². The van der Waals surface area contributed by atoms with Crippen LogP contribution in [0, 0.1) is 0 Å². The summed E-state index contributed by atoms with van der Waals surface area (Å²) in [5, 5.41) is 4.62. The Bertz CT molecular complexity index is 1390. The normalized spacial score (nSPS) is 11.9. The van der Waals surface area contributed by atoms with Crippen molar-refractivity contribution in [1.29, 1.82) is 0 Å². The van der Waals surface area contributed by atoms with Crippen LogP contribution in [-0.4, -0.2) is 10.9 Å². The molecule has 0 saturated heterocycles. The van der Waals surface area contributed by atoms with Gasteiger partial charge in [-0.2, -0.15) is 0 Å². The summed E-state index contributed by atoms with van der Waals surface area (Å²) in [6.45, 7) is 0.851. The van der Waals surface area contributed by atoms with Gasteiger partial charge in [-0.05, 0) is 59.2 Å². The van der Waals surface area contributed by atoms with E-state index in [1.807, 2.05) is 85.1 Å². The number of hydrogen-bond donors (Lipinski definition) is 2. The van der Waals surface area contributed by atoms with Crippen LogP contribution in [0.15, 0.2) is 102 Å². The zero-order valence-corrected chi connectivity index (χ0v) is 19.8. The van der Waals surface area contributed by atoms with E-state index in [1.54, 1.807) is 12.3 Å². The zero-order valence-electron chi connectivity index (χ0n) is 19.0. The largest absolute Gasteiger partial charge is 0.489 e. The van der Waals surface area contributed by atoms with Crippen molar-refractivity contribution in [3.63, 3.8) is 0 Å². The van der Waals surface area contributed by atoms with Gasteiger partial charge in [-0.25, -0.2) is 0 Å². The number of rotatable bonds is 9. The Hall–Kier alpha value is -3.96. The highest BCUT2D eigenvalue weighted by Crippen LogP contribution is 2.35. The molecule has 176 valence electrons. The molecule has 2 N–H and O–H groups in total. The number of hydrogen-bond acceptors (Lipinski definition) is 3. The highest BCUT2D eigenvalue weighted by atomic mass is 35.5. The van der Waals surface area contributed by atoms with Crippen molar-refractivity contribution in [3.8, 4) is 5.75 Å². The van der Waals surface area contributed by atoms with Crippen molar-refractivity contribution < 1.29 is 13.9 Å². The Morgan fingerprint density at radius 1 is 1.00 bits per heavy atom. The molecule has 6 heteroatoms. The highest BCUT2D eigenvalue weighted by Gasteiger charge is 2.22. The number of carbonyl (C=O) groups excluding carboxylic acids is 1. The number of amides is 1. The van der Waals surface area contributed by atoms with Crippen LogP contribution in [0.4, 0.5) is 0 Å². The monoisotopic (exact) mass is 484 g/mol. The summed E-state index contributed by atoms with van der Waals surface area (Å²) < 4.78 is 11.3. The number of H-pyrrole nitrogens is 1. The molecular weight excluding hydrogens is 460 g/mol. The summed E-state index contributed by atoms with van der Waals surface area (Å²) >= 11 is 6.30. The molecule has 0 aliphatic rings. The van der Waals surface area contributed by atoms with Gasteiger partial charge in [-0.3, -0.25) is 4.79 Å². The molecule has 0 spiro atoms. The second-order valence-corrected chi connectivity index (χ2v) is 8.83. The van der Waals surface area contributed by atoms with Gasteiger partial charge in [-0.15, -0.1) is 0 Å². The smallest absolute Gasteiger partial charge is 0.221 e. The maximum atomic E-state index is 12.9. The lowest BCUT2D eigenvalue weighted by molar-refractivity contribution is -0.121. The number of benzene rings is 3. The number of furan rings is 1. The van der Waals surface area contributed by atoms with Crippen LogP contribution in [0.5, 0.6) is 5.75 Å². The molecule has 35 heavy (non-hydrogen) atoms. The molecule has 0 radical (unpaired) electrons. The topological polar surface area (TPSA) is 67.3 Å². The van der Waals surface area contributed by atoms with Gasteiger partial charge in [0.05, 0.1) is 12.8 Å². The minimum absolute atomic E-state index is 0.0628. The molecular formula is C29H25ClN2O3. The van der Waals surface area contributed by atoms with Crippen molar-refractivity contribution in [2.45, 2.75) is 25.5 Å². The number of halogens is 1. The van der Waals surface area contributed by atoms with Gasteiger partial charge in [0.25, 0.3) is 0 Å². The summed E-state index contributed by atoms with van der Waals surface area (Å²) in [6, 6.07) is 27.4. The molecule has 2 aromatic heterocycles. The molecule has 1 amide bonds. The predicted octanol–water partition coefficient (Wildman–Crippen LogP) is 6.83. The molecule has 3 aromatic carbocycles. The first-order chi connectivity index (χ1) is 17.2. The van der Waals surface area contributed by atoms with E-state index in [0.29, 0.717) is 23.9 Å². The summed E-state index contributed by atoms with van der Waals surface area (Å²) in [7, 11) is 0. The van der Waals surface area contributed by atoms with Crippen molar-refractivity contribution in [3.05, 3.63) is 125 Å².